The van der Waals surface area contributed by atoms with Crippen LogP contribution in [0.1, 0.15) is 39.9 Å². The Balaban J connectivity index is 1.80. The van der Waals surface area contributed by atoms with Crippen molar-refractivity contribution in [2.24, 2.45) is 0 Å². The average Bonchev–Trinajstić information content (AvgIpc) is 2.87. The van der Waals surface area contributed by atoms with E-state index in [0.717, 1.165) is 24.4 Å². The minimum Gasteiger partial charge on any atom is -0.436 e. The van der Waals surface area contributed by atoms with E-state index in [-0.39, 0.29) is 5.91 Å². The lowest BCUT2D eigenvalue weighted by Crippen LogP contribution is -2.25. The van der Waals surface area contributed by atoms with Crippen molar-refractivity contribution >= 4 is 5.91 Å². The van der Waals surface area contributed by atoms with Crippen LogP contribution in [-0.4, -0.2) is 27.2 Å². The standard InChI is InChI=1S/C14H20N4O2/c1-9-8-10(2)18(17-9)7-5-6-15-14(19)13-11(3)16-12(4)20-13/h8H,5-7H2,1-4H3,(H,15,19). The molecule has 2 rings (SSSR count). The van der Waals surface area contributed by atoms with Crippen LogP contribution < -0.4 is 5.32 Å². The number of carbonyl (C=O) groups excluding carboxylic acids is 1. The maximum absolute atomic E-state index is 11.9. The van der Waals surface area contributed by atoms with Crippen LogP contribution in [-0.2, 0) is 6.54 Å². The summed E-state index contributed by atoms with van der Waals surface area (Å²) in [6, 6.07) is 2.04. The maximum atomic E-state index is 11.9. The second-order valence-corrected chi connectivity index (χ2v) is 4.91. The highest BCUT2D eigenvalue weighted by atomic mass is 16.4. The summed E-state index contributed by atoms with van der Waals surface area (Å²) in [5, 5.41) is 7.21. The number of aryl methyl sites for hydroxylation is 5. The molecule has 0 unspecified atom stereocenters. The van der Waals surface area contributed by atoms with Crippen molar-refractivity contribution in [3.05, 3.63) is 34.8 Å². The highest BCUT2D eigenvalue weighted by molar-refractivity contribution is 5.92. The number of hydrogen-bond acceptors (Lipinski definition) is 4. The molecule has 0 radical (unpaired) electrons. The van der Waals surface area contributed by atoms with Gasteiger partial charge in [0.15, 0.2) is 5.89 Å². The summed E-state index contributed by atoms with van der Waals surface area (Å²) < 4.78 is 7.22. The van der Waals surface area contributed by atoms with Gasteiger partial charge in [0, 0.05) is 25.7 Å². The van der Waals surface area contributed by atoms with E-state index >= 15 is 0 Å². The van der Waals surface area contributed by atoms with Crippen molar-refractivity contribution in [2.75, 3.05) is 6.54 Å². The zero-order chi connectivity index (χ0) is 14.7. The van der Waals surface area contributed by atoms with Gasteiger partial charge in [-0.2, -0.15) is 5.10 Å². The van der Waals surface area contributed by atoms with Gasteiger partial charge in [0.2, 0.25) is 5.76 Å². The second kappa shape index (κ2) is 5.90. The van der Waals surface area contributed by atoms with Crippen molar-refractivity contribution in [3.8, 4) is 0 Å². The molecule has 2 aromatic heterocycles. The third kappa shape index (κ3) is 3.26. The summed E-state index contributed by atoms with van der Waals surface area (Å²) in [4.78, 5) is 16.0. The van der Waals surface area contributed by atoms with Crippen LogP contribution in [0.3, 0.4) is 0 Å². The Hall–Kier alpha value is -2.11. The van der Waals surface area contributed by atoms with Crippen LogP contribution in [0.25, 0.3) is 0 Å². The lowest BCUT2D eigenvalue weighted by molar-refractivity contribution is 0.0922. The first-order valence-corrected chi connectivity index (χ1v) is 6.70. The average molecular weight is 276 g/mol. The molecule has 20 heavy (non-hydrogen) atoms. The molecule has 108 valence electrons. The molecule has 0 aromatic carbocycles. The van der Waals surface area contributed by atoms with Gasteiger partial charge in [-0.15, -0.1) is 0 Å². The molecule has 6 heteroatoms. The Morgan fingerprint density at radius 1 is 1.35 bits per heavy atom. The molecule has 2 aromatic rings. The molecule has 6 nitrogen and oxygen atoms in total. The fourth-order valence-corrected chi connectivity index (χ4v) is 2.15. The van der Waals surface area contributed by atoms with E-state index in [1.54, 1.807) is 13.8 Å². The van der Waals surface area contributed by atoms with E-state index in [1.165, 1.54) is 0 Å². The Labute approximate surface area is 118 Å². The van der Waals surface area contributed by atoms with Gasteiger partial charge in [0.1, 0.15) is 0 Å². The van der Waals surface area contributed by atoms with E-state index in [1.807, 2.05) is 24.6 Å². The summed E-state index contributed by atoms with van der Waals surface area (Å²) in [5.74, 6) is 0.598. The van der Waals surface area contributed by atoms with Crippen LogP contribution in [0.15, 0.2) is 10.5 Å². The minimum absolute atomic E-state index is 0.212. The summed E-state index contributed by atoms with van der Waals surface area (Å²) in [7, 11) is 0. The molecule has 0 aliphatic heterocycles. The molecule has 0 spiro atoms. The first kappa shape index (κ1) is 14.3. The van der Waals surface area contributed by atoms with Crippen molar-refractivity contribution in [2.45, 2.75) is 40.7 Å². The first-order chi connectivity index (χ1) is 9.47. The normalized spacial score (nSPS) is 10.8. The number of nitrogens with zero attached hydrogens (tertiary/aromatic N) is 3. The zero-order valence-corrected chi connectivity index (χ0v) is 12.4. The van der Waals surface area contributed by atoms with E-state index in [2.05, 4.69) is 15.4 Å². The van der Waals surface area contributed by atoms with E-state index in [4.69, 9.17) is 4.42 Å². The molecular weight excluding hydrogens is 256 g/mol. The fourth-order valence-electron chi connectivity index (χ4n) is 2.15. The summed E-state index contributed by atoms with van der Waals surface area (Å²) >= 11 is 0. The predicted molar refractivity (Wildman–Crippen MR) is 74.6 cm³/mol. The SMILES string of the molecule is Cc1cc(C)n(CCCNC(=O)c2oc(C)nc2C)n1. The van der Waals surface area contributed by atoms with Gasteiger partial charge in [-0.1, -0.05) is 0 Å². The van der Waals surface area contributed by atoms with Gasteiger partial charge in [-0.3, -0.25) is 9.48 Å². The molecule has 0 saturated heterocycles. The van der Waals surface area contributed by atoms with Crippen molar-refractivity contribution < 1.29 is 9.21 Å². The summed E-state index contributed by atoms with van der Waals surface area (Å²) in [5.41, 5.74) is 2.77. The molecule has 0 saturated carbocycles. The largest absolute Gasteiger partial charge is 0.436 e. The number of oxazole rings is 1. The highest BCUT2D eigenvalue weighted by Gasteiger charge is 2.14. The molecule has 0 fully saturated rings. The molecule has 2 heterocycles. The van der Waals surface area contributed by atoms with E-state index < -0.39 is 0 Å². The maximum Gasteiger partial charge on any atom is 0.289 e. The molecule has 0 aliphatic rings. The predicted octanol–water partition coefficient (Wildman–Crippen LogP) is 1.92. The lowest BCUT2D eigenvalue weighted by atomic mass is 10.3. The number of hydrogen-bond donors (Lipinski definition) is 1. The second-order valence-electron chi connectivity index (χ2n) is 4.91. The lowest BCUT2D eigenvalue weighted by Gasteiger charge is -2.05. The van der Waals surface area contributed by atoms with Gasteiger partial charge in [-0.05, 0) is 33.3 Å². The quantitative estimate of drug-likeness (QED) is 0.847. The van der Waals surface area contributed by atoms with Gasteiger partial charge < -0.3 is 9.73 Å². The fraction of sp³-hybridized carbons (Fsp3) is 0.500. The third-order valence-electron chi connectivity index (χ3n) is 3.05. The Kier molecular flexibility index (Phi) is 4.22. The summed E-state index contributed by atoms with van der Waals surface area (Å²) in [6.45, 7) is 8.86. The monoisotopic (exact) mass is 276 g/mol. The van der Waals surface area contributed by atoms with Crippen molar-refractivity contribution in [3.63, 3.8) is 0 Å². The van der Waals surface area contributed by atoms with Crippen molar-refractivity contribution in [1.82, 2.24) is 20.1 Å². The van der Waals surface area contributed by atoms with Crippen LogP contribution >= 0.6 is 0 Å². The van der Waals surface area contributed by atoms with E-state index in [0.29, 0.717) is 23.9 Å². The van der Waals surface area contributed by atoms with Gasteiger partial charge in [-0.25, -0.2) is 4.98 Å². The molecule has 0 bridgehead atoms. The third-order valence-corrected chi connectivity index (χ3v) is 3.05. The molecule has 1 amide bonds. The van der Waals surface area contributed by atoms with Crippen LogP contribution in [0, 0.1) is 27.7 Å². The minimum atomic E-state index is -0.212. The molecule has 0 atom stereocenters. The Bertz CT molecular complexity index is 613. The van der Waals surface area contributed by atoms with Crippen LogP contribution in [0.4, 0.5) is 0 Å². The summed E-state index contributed by atoms with van der Waals surface area (Å²) in [6.07, 6.45) is 0.819. The van der Waals surface area contributed by atoms with Gasteiger partial charge in [0.25, 0.3) is 5.91 Å². The van der Waals surface area contributed by atoms with Gasteiger partial charge >= 0.3 is 0 Å². The highest BCUT2D eigenvalue weighted by Crippen LogP contribution is 2.08. The number of amides is 1. The first-order valence-electron chi connectivity index (χ1n) is 6.70. The number of carbonyl (C=O) groups is 1. The number of rotatable bonds is 5. The van der Waals surface area contributed by atoms with Gasteiger partial charge in [0.05, 0.1) is 11.4 Å². The van der Waals surface area contributed by atoms with Crippen LogP contribution in [0.5, 0.6) is 0 Å². The Morgan fingerprint density at radius 3 is 2.65 bits per heavy atom. The molecule has 1 N–H and O–H groups in total. The number of nitrogens with one attached hydrogen (secondary N) is 1. The molecular formula is C14H20N4O2. The zero-order valence-electron chi connectivity index (χ0n) is 12.4. The van der Waals surface area contributed by atoms with Crippen molar-refractivity contribution in [1.29, 1.82) is 0 Å². The number of aromatic nitrogens is 3. The Morgan fingerprint density at radius 2 is 2.10 bits per heavy atom. The smallest absolute Gasteiger partial charge is 0.289 e. The van der Waals surface area contributed by atoms with E-state index in [9.17, 15) is 4.79 Å². The van der Waals surface area contributed by atoms with Crippen LogP contribution in [0.2, 0.25) is 0 Å². The molecule has 0 aliphatic carbocycles. The topological polar surface area (TPSA) is 73.0 Å².